The summed E-state index contributed by atoms with van der Waals surface area (Å²) in [6.45, 7) is 7.78. The molecular formula is C67H124O5. The van der Waals surface area contributed by atoms with Gasteiger partial charge in [-0.15, -0.1) is 0 Å². The lowest BCUT2D eigenvalue weighted by atomic mass is 10.0. The summed E-state index contributed by atoms with van der Waals surface area (Å²) >= 11 is 0. The number of unbranched alkanes of at least 4 members (excludes halogenated alkanes) is 41. The van der Waals surface area contributed by atoms with Gasteiger partial charge in [0.25, 0.3) is 0 Å². The molecule has 5 heteroatoms. The number of ether oxygens (including phenoxy) is 3. The molecule has 1 unspecified atom stereocenters. The Bertz CT molecular complexity index is 1190. The lowest BCUT2D eigenvalue weighted by Crippen LogP contribution is -2.30. The van der Waals surface area contributed by atoms with Crippen LogP contribution >= 0.6 is 0 Å². The second-order valence-corrected chi connectivity index (χ2v) is 21.6. The molecule has 0 aliphatic heterocycles. The van der Waals surface area contributed by atoms with Crippen molar-refractivity contribution in [1.82, 2.24) is 0 Å². The number of allylic oxidation sites excluding steroid dienone is 8. The summed E-state index contributed by atoms with van der Waals surface area (Å²) in [5.41, 5.74) is 0. The quantitative estimate of drug-likeness (QED) is 0.0345. The minimum atomic E-state index is -0.541. The van der Waals surface area contributed by atoms with Crippen molar-refractivity contribution in [3.63, 3.8) is 0 Å². The Morgan fingerprint density at radius 2 is 0.625 bits per heavy atom. The van der Waals surface area contributed by atoms with Crippen LogP contribution in [0.2, 0.25) is 0 Å². The van der Waals surface area contributed by atoms with E-state index in [0.717, 1.165) is 64.2 Å². The van der Waals surface area contributed by atoms with E-state index in [9.17, 15) is 9.59 Å². The van der Waals surface area contributed by atoms with E-state index in [1.165, 1.54) is 244 Å². The monoisotopic (exact) mass is 1010 g/mol. The molecule has 1 atom stereocenters. The van der Waals surface area contributed by atoms with Crippen molar-refractivity contribution < 1.29 is 23.8 Å². The topological polar surface area (TPSA) is 61.8 Å². The molecule has 0 N–H and O–H groups in total. The van der Waals surface area contributed by atoms with E-state index in [2.05, 4.69) is 69.4 Å². The lowest BCUT2D eigenvalue weighted by molar-refractivity contribution is -0.163. The van der Waals surface area contributed by atoms with E-state index in [-0.39, 0.29) is 25.2 Å². The van der Waals surface area contributed by atoms with Gasteiger partial charge in [-0.1, -0.05) is 301 Å². The molecule has 422 valence electrons. The van der Waals surface area contributed by atoms with Gasteiger partial charge in [-0.25, -0.2) is 0 Å². The van der Waals surface area contributed by atoms with Gasteiger partial charge >= 0.3 is 11.9 Å². The van der Waals surface area contributed by atoms with Crippen LogP contribution in [0.3, 0.4) is 0 Å². The number of hydrogen-bond acceptors (Lipinski definition) is 5. The standard InChI is InChI=1S/C67H124O5/c1-4-7-10-13-16-19-22-25-28-31-33-35-38-41-44-47-50-53-56-59-62-70-63-65(72-67(69)61-58-55-52-49-46-43-40-36-30-27-24-21-18-15-12-9-6-3)64-71-66(68)60-57-54-51-48-45-42-39-37-34-32-29-26-23-20-17-14-11-8-5-2/h9,12,18,21,26-27,29-30,65H,4-8,10-11,13-17,19-20,22-25,28,31-64H2,1-3H3/b12-9-,21-18-,29-26-,30-27-. The Labute approximate surface area is 450 Å². The van der Waals surface area contributed by atoms with Crippen molar-refractivity contribution >= 4 is 11.9 Å². The average Bonchev–Trinajstić information content (AvgIpc) is 3.38. The van der Waals surface area contributed by atoms with Crippen molar-refractivity contribution in [2.75, 3.05) is 19.8 Å². The number of hydrogen-bond donors (Lipinski definition) is 0. The molecule has 0 radical (unpaired) electrons. The molecule has 0 saturated heterocycles. The van der Waals surface area contributed by atoms with Gasteiger partial charge in [0, 0.05) is 19.4 Å². The van der Waals surface area contributed by atoms with Crippen molar-refractivity contribution in [1.29, 1.82) is 0 Å². The van der Waals surface area contributed by atoms with Crippen LogP contribution in [-0.4, -0.2) is 37.9 Å². The summed E-state index contributed by atoms with van der Waals surface area (Å²) in [6.07, 6.45) is 80.1. The van der Waals surface area contributed by atoms with Crippen molar-refractivity contribution in [3.05, 3.63) is 48.6 Å². The molecule has 0 aromatic heterocycles. The Balaban J connectivity index is 4.24. The smallest absolute Gasteiger partial charge is 0.306 e. The largest absolute Gasteiger partial charge is 0.462 e. The molecule has 0 aromatic carbocycles. The van der Waals surface area contributed by atoms with Crippen molar-refractivity contribution in [2.45, 2.75) is 348 Å². The van der Waals surface area contributed by atoms with Gasteiger partial charge in [0.2, 0.25) is 0 Å². The molecule has 0 aromatic rings. The fourth-order valence-corrected chi connectivity index (χ4v) is 9.58. The molecule has 72 heavy (non-hydrogen) atoms. The molecule has 0 aliphatic rings. The molecule has 0 fully saturated rings. The first-order valence-electron chi connectivity index (χ1n) is 32.2. The van der Waals surface area contributed by atoms with Crippen molar-refractivity contribution in [3.8, 4) is 0 Å². The molecular weight excluding hydrogens is 885 g/mol. The first kappa shape index (κ1) is 69.9. The third-order valence-corrected chi connectivity index (χ3v) is 14.3. The van der Waals surface area contributed by atoms with E-state index in [1.807, 2.05) is 0 Å². The fraction of sp³-hybridized carbons (Fsp3) is 0.851. The SMILES string of the molecule is CC/C=C\C/C=C\C/C=C\CCCCCCCCCC(=O)OC(COCCCCCCCCCCCCCCCCCCCCCC)COC(=O)CCCCCCCCCCC/C=C\CCCCCCCC. The van der Waals surface area contributed by atoms with Crippen LogP contribution in [0.4, 0.5) is 0 Å². The highest BCUT2D eigenvalue weighted by molar-refractivity contribution is 5.70. The minimum Gasteiger partial charge on any atom is -0.462 e. The van der Waals surface area contributed by atoms with Gasteiger partial charge in [-0.3, -0.25) is 9.59 Å². The van der Waals surface area contributed by atoms with Gasteiger partial charge in [0.1, 0.15) is 6.61 Å². The number of rotatable bonds is 60. The highest BCUT2D eigenvalue weighted by Crippen LogP contribution is 2.17. The van der Waals surface area contributed by atoms with Gasteiger partial charge in [0.05, 0.1) is 6.61 Å². The maximum absolute atomic E-state index is 12.9. The summed E-state index contributed by atoms with van der Waals surface area (Å²) in [5.74, 6) is -0.390. The van der Waals surface area contributed by atoms with Crippen molar-refractivity contribution in [2.24, 2.45) is 0 Å². The second kappa shape index (κ2) is 63.2. The predicted octanol–water partition coefficient (Wildman–Crippen LogP) is 22.2. The van der Waals surface area contributed by atoms with E-state index >= 15 is 0 Å². The van der Waals surface area contributed by atoms with Crippen LogP contribution in [0.5, 0.6) is 0 Å². The number of esters is 2. The van der Waals surface area contributed by atoms with Gasteiger partial charge in [-0.2, -0.15) is 0 Å². The molecule has 5 nitrogen and oxygen atoms in total. The zero-order valence-corrected chi connectivity index (χ0v) is 48.7. The summed E-state index contributed by atoms with van der Waals surface area (Å²) in [5, 5.41) is 0. The summed E-state index contributed by atoms with van der Waals surface area (Å²) in [6, 6.07) is 0. The normalized spacial score (nSPS) is 12.4. The minimum absolute atomic E-state index is 0.0846. The Morgan fingerprint density at radius 1 is 0.319 bits per heavy atom. The van der Waals surface area contributed by atoms with Crippen LogP contribution < -0.4 is 0 Å². The van der Waals surface area contributed by atoms with Crippen LogP contribution in [0, 0.1) is 0 Å². The zero-order chi connectivity index (χ0) is 52.0. The number of carbonyl (C=O) groups excluding carboxylic acids is 2. The van der Waals surface area contributed by atoms with Crippen LogP contribution in [0.15, 0.2) is 48.6 Å². The number of carbonyl (C=O) groups is 2. The fourth-order valence-electron chi connectivity index (χ4n) is 9.58. The molecule has 0 saturated carbocycles. The van der Waals surface area contributed by atoms with Gasteiger partial charge < -0.3 is 14.2 Å². The highest BCUT2D eigenvalue weighted by Gasteiger charge is 2.18. The second-order valence-electron chi connectivity index (χ2n) is 21.6. The van der Waals surface area contributed by atoms with Crippen LogP contribution in [0.25, 0.3) is 0 Å². The summed E-state index contributed by atoms with van der Waals surface area (Å²) in [7, 11) is 0. The molecule has 0 spiro atoms. The Kier molecular flexibility index (Phi) is 61.3. The maximum Gasteiger partial charge on any atom is 0.306 e. The van der Waals surface area contributed by atoms with E-state index in [0.29, 0.717) is 19.4 Å². The molecule has 0 amide bonds. The molecule has 0 heterocycles. The van der Waals surface area contributed by atoms with Crippen LogP contribution in [0.1, 0.15) is 342 Å². The lowest BCUT2D eigenvalue weighted by Gasteiger charge is -2.18. The third kappa shape index (κ3) is 60.4. The van der Waals surface area contributed by atoms with E-state index in [1.54, 1.807) is 0 Å². The first-order chi connectivity index (χ1) is 35.6. The Morgan fingerprint density at radius 3 is 1.01 bits per heavy atom. The molecule has 0 rings (SSSR count). The molecule has 0 bridgehead atoms. The van der Waals surface area contributed by atoms with Gasteiger partial charge in [0.15, 0.2) is 6.10 Å². The van der Waals surface area contributed by atoms with Crippen LogP contribution in [-0.2, 0) is 23.8 Å². The Hall–Kier alpha value is -2.14. The van der Waals surface area contributed by atoms with Gasteiger partial charge in [-0.05, 0) is 77.0 Å². The average molecular weight is 1010 g/mol. The first-order valence-corrected chi connectivity index (χ1v) is 32.2. The third-order valence-electron chi connectivity index (χ3n) is 14.3. The molecule has 0 aliphatic carbocycles. The highest BCUT2D eigenvalue weighted by atomic mass is 16.6. The maximum atomic E-state index is 12.9. The summed E-state index contributed by atoms with van der Waals surface area (Å²) in [4.78, 5) is 25.6. The summed E-state index contributed by atoms with van der Waals surface area (Å²) < 4.78 is 17.6. The predicted molar refractivity (Wildman–Crippen MR) is 316 cm³/mol. The van der Waals surface area contributed by atoms with E-state index in [4.69, 9.17) is 14.2 Å². The zero-order valence-electron chi connectivity index (χ0n) is 48.7. The van der Waals surface area contributed by atoms with E-state index < -0.39 is 6.10 Å².